The van der Waals surface area contributed by atoms with E-state index in [4.69, 9.17) is 4.74 Å². The van der Waals surface area contributed by atoms with Gasteiger partial charge in [0.1, 0.15) is 0 Å². The van der Waals surface area contributed by atoms with Crippen LogP contribution in [0.5, 0.6) is 0 Å². The van der Waals surface area contributed by atoms with Gasteiger partial charge in [0.15, 0.2) is 0 Å². The van der Waals surface area contributed by atoms with Gasteiger partial charge in [0.25, 0.3) is 11.6 Å². The van der Waals surface area contributed by atoms with Crippen LogP contribution in [0.4, 0.5) is 5.69 Å². The average Bonchev–Trinajstić information content (AvgIpc) is 2.47. The molecule has 0 atom stereocenters. The summed E-state index contributed by atoms with van der Waals surface area (Å²) in [5.74, 6) is 0.263. The lowest BCUT2D eigenvalue weighted by molar-refractivity contribution is -0.384. The number of halogens is 1. The van der Waals surface area contributed by atoms with Gasteiger partial charge in [-0.3, -0.25) is 14.9 Å². The Bertz CT molecular complexity index is 544. The van der Waals surface area contributed by atoms with E-state index < -0.39 is 4.92 Å². The van der Waals surface area contributed by atoms with Crippen LogP contribution in [0.1, 0.15) is 23.2 Å². The Morgan fingerprint density at radius 2 is 2.14 bits per heavy atom. The second kappa shape index (κ2) is 7.17. The van der Waals surface area contributed by atoms with Crippen molar-refractivity contribution in [2.24, 2.45) is 5.92 Å². The normalized spacial score (nSPS) is 15.7. The summed E-state index contributed by atoms with van der Waals surface area (Å²) in [7, 11) is 1.74. The molecular formula is C14H17IN2O4. The largest absolute Gasteiger partial charge is 0.381 e. The Hall–Kier alpha value is -1.22. The second-order valence-electron chi connectivity index (χ2n) is 5.16. The number of ether oxygens (including phenoxy) is 1. The van der Waals surface area contributed by atoms with Crippen molar-refractivity contribution in [2.45, 2.75) is 12.8 Å². The third-order valence-electron chi connectivity index (χ3n) is 3.61. The predicted octanol–water partition coefficient (Wildman–Crippen LogP) is 2.70. The Morgan fingerprint density at radius 1 is 1.48 bits per heavy atom. The lowest BCUT2D eigenvalue weighted by atomic mass is 9.99. The van der Waals surface area contributed by atoms with E-state index in [0.717, 1.165) is 29.6 Å². The van der Waals surface area contributed by atoms with E-state index in [-0.39, 0.29) is 11.6 Å². The number of hydrogen-bond acceptors (Lipinski definition) is 4. The SMILES string of the molecule is CN(CC1CCOCC1)C(=O)c1cc([N+](=O)[O-])ccc1I. The fraction of sp³-hybridized carbons (Fsp3) is 0.500. The Labute approximate surface area is 136 Å². The molecule has 0 unspecified atom stereocenters. The Balaban J connectivity index is 2.10. The minimum absolute atomic E-state index is 0.0572. The Kier molecular flexibility index (Phi) is 5.51. The third kappa shape index (κ3) is 4.13. The van der Waals surface area contributed by atoms with Gasteiger partial charge in [0, 0.05) is 42.5 Å². The van der Waals surface area contributed by atoms with Gasteiger partial charge in [-0.2, -0.15) is 0 Å². The minimum atomic E-state index is -0.481. The van der Waals surface area contributed by atoms with Crippen LogP contribution in [0, 0.1) is 19.6 Å². The van der Waals surface area contributed by atoms with E-state index in [2.05, 4.69) is 0 Å². The summed E-state index contributed by atoms with van der Waals surface area (Å²) < 4.78 is 6.03. The first-order chi connectivity index (χ1) is 9.99. The zero-order chi connectivity index (χ0) is 15.4. The van der Waals surface area contributed by atoms with Gasteiger partial charge in [0.2, 0.25) is 0 Å². The van der Waals surface area contributed by atoms with Crippen molar-refractivity contribution < 1.29 is 14.5 Å². The lowest BCUT2D eigenvalue weighted by Gasteiger charge is -2.27. The van der Waals surface area contributed by atoms with Crippen LogP contribution in [0.2, 0.25) is 0 Å². The molecule has 6 nitrogen and oxygen atoms in total. The van der Waals surface area contributed by atoms with Gasteiger partial charge in [-0.25, -0.2) is 0 Å². The number of carbonyl (C=O) groups excluding carboxylic acids is 1. The zero-order valence-electron chi connectivity index (χ0n) is 11.8. The monoisotopic (exact) mass is 404 g/mol. The molecule has 1 aliphatic heterocycles. The maximum atomic E-state index is 12.5. The summed E-state index contributed by atoms with van der Waals surface area (Å²) in [6.07, 6.45) is 1.90. The van der Waals surface area contributed by atoms with Gasteiger partial charge in [-0.05, 0) is 47.4 Å². The number of nitro groups is 1. The number of nitro benzene ring substituents is 1. The fourth-order valence-corrected chi connectivity index (χ4v) is 2.96. The smallest absolute Gasteiger partial charge is 0.270 e. The van der Waals surface area contributed by atoms with E-state index in [1.807, 2.05) is 22.6 Å². The highest BCUT2D eigenvalue weighted by Gasteiger charge is 2.22. The molecule has 0 N–H and O–H groups in total. The van der Waals surface area contributed by atoms with Gasteiger partial charge >= 0.3 is 0 Å². The van der Waals surface area contributed by atoms with Gasteiger partial charge in [-0.15, -0.1) is 0 Å². The number of non-ortho nitro benzene ring substituents is 1. The fourth-order valence-electron chi connectivity index (χ4n) is 2.40. The van der Waals surface area contributed by atoms with Crippen molar-refractivity contribution in [1.29, 1.82) is 0 Å². The predicted molar refractivity (Wildman–Crippen MR) is 86.3 cm³/mol. The lowest BCUT2D eigenvalue weighted by Crippen LogP contribution is -2.34. The molecule has 1 aromatic rings. The highest BCUT2D eigenvalue weighted by Crippen LogP contribution is 2.22. The summed E-state index contributed by atoms with van der Waals surface area (Å²) in [6, 6.07) is 4.37. The second-order valence-corrected chi connectivity index (χ2v) is 6.32. The molecule has 1 fully saturated rings. The van der Waals surface area contributed by atoms with Crippen molar-refractivity contribution in [2.75, 3.05) is 26.8 Å². The van der Waals surface area contributed by atoms with Gasteiger partial charge < -0.3 is 9.64 Å². The quantitative estimate of drug-likeness (QED) is 0.440. The van der Waals surface area contributed by atoms with Gasteiger partial charge in [0.05, 0.1) is 10.5 Å². The summed E-state index contributed by atoms with van der Waals surface area (Å²) in [5, 5.41) is 10.8. The van der Waals surface area contributed by atoms with Crippen LogP contribution < -0.4 is 0 Å². The van der Waals surface area contributed by atoms with Crippen LogP contribution in [0.15, 0.2) is 18.2 Å². The van der Waals surface area contributed by atoms with Crippen LogP contribution in [-0.2, 0) is 4.74 Å². The summed E-state index contributed by atoms with van der Waals surface area (Å²) in [5.41, 5.74) is 0.331. The maximum absolute atomic E-state index is 12.5. The number of amides is 1. The molecule has 1 heterocycles. The molecule has 0 bridgehead atoms. The van der Waals surface area contributed by atoms with Gasteiger partial charge in [-0.1, -0.05) is 0 Å². The molecule has 21 heavy (non-hydrogen) atoms. The highest BCUT2D eigenvalue weighted by atomic mass is 127. The summed E-state index contributed by atoms with van der Waals surface area (Å²) >= 11 is 2.03. The first-order valence-electron chi connectivity index (χ1n) is 6.76. The molecule has 1 amide bonds. The molecule has 0 aromatic heterocycles. The number of nitrogens with zero attached hydrogens (tertiary/aromatic N) is 2. The molecule has 0 spiro atoms. The molecule has 0 aliphatic carbocycles. The number of benzene rings is 1. The van der Waals surface area contributed by atoms with Crippen molar-refractivity contribution in [3.05, 3.63) is 37.4 Å². The van der Waals surface area contributed by atoms with Crippen molar-refractivity contribution in [3.63, 3.8) is 0 Å². The number of rotatable bonds is 4. The summed E-state index contributed by atoms with van der Waals surface area (Å²) in [6.45, 7) is 2.13. The van der Waals surface area contributed by atoms with E-state index in [1.165, 1.54) is 12.1 Å². The molecule has 1 saturated heterocycles. The average molecular weight is 404 g/mol. The van der Waals surface area contributed by atoms with E-state index >= 15 is 0 Å². The third-order valence-corrected chi connectivity index (χ3v) is 4.55. The van der Waals surface area contributed by atoms with Crippen LogP contribution in [0.3, 0.4) is 0 Å². The molecule has 114 valence electrons. The minimum Gasteiger partial charge on any atom is -0.381 e. The number of hydrogen-bond donors (Lipinski definition) is 0. The maximum Gasteiger partial charge on any atom is 0.270 e. The molecule has 0 saturated carbocycles. The van der Waals surface area contributed by atoms with E-state index in [1.54, 1.807) is 18.0 Å². The summed E-state index contributed by atoms with van der Waals surface area (Å²) in [4.78, 5) is 24.5. The molecular weight excluding hydrogens is 387 g/mol. The molecule has 2 rings (SSSR count). The molecule has 1 aliphatic rings. The molecule has 0 radical (unpaired) electrons. The van der Waals surface area contributed by atoms with E-state index in [0.29, 0.717) is 18.0 Å². The topological polar surface area (TPSA) is 72.7 Å². The first-order valence-corrected chi connectivity index (χ1v) is 7.84. The van der Waals surface area contributed by atoms with Crippen molar-refractivity contribution in [1.82, 2.24) is 4.90 Å². The number of carbonyl (C=O) groups is 1. The van der Waals surface area contributed by atoms with Crippen molar-refractivity contribution in [3.8, 4) is 0 Å². The van der Waals surface area contributed by atoms with Crippen molar-refractivity contribution >= 4 is 34.2 Å². The molecule has 1 aromatic carbocycles. The molecule has 7 heteroatoms. The highest BCUT2D eigenvalue weighted by molar-refractivity contribution is 14.1. The Morgan fingerprint density at radius 3 is 2.76 bits per heavy atom. The zero-order valence-corrected chi connectivity index (χ0v) is 13.9. The van der Waals surface area contributed by atoms with Crippen LogP contribution >= 0.6 is 22.6 Å². The first kappa shape index (κ1) is 16.2. The van der Waals surface area contributed by atoms with Crippen LogP contribution in [0.25, 0.3) is 0 Å². The standard InChI is InChI=1S/C14H17IN2O4/c1-16(9-10-4-6-21-7-5-10)14(18)12-8-11(17(19)20)2-3-13(12)15/h2-3,8,10H,4-7,9H2,1H3. The van der Waals surface area contributed by atoms with Crippen LogP contribution in [-0.4, -0.2) is 42.5 Å². The van der Waals surface area contributed by atoms with E-state index in [9.17, 15) is 14.9 Å².